The maximum atomic E-state index is 13.0. The Hall–Kier alpha value is -2.79. The van der Waals surface area contributed by atoms with Crippen LogP contribution in [0.3, 0.4) is 0 Å². The normalized spacial score (nSPS) is 15.3. The van der Waals surface area contributed by atoms with Crippen molar-refractivity contribution in [1.29, 1.82) is 0 Å². The first-order chi connectivity index (χ1) is 13.4. The van der Waals surface area contributed by atoms with Crippen molar-refractivity contribution < 1.29 is 9.53 Å². The number of carbonyl (C=O) groups is 1. The lowest BCUT2D eigenvalue weighted by molar-refractivity contribution is 0.0951. The number of halogens is 1. The fraction of sp³-hybridized carbons (Fsp3) is 0.273. The average Bonchev–Trinajstić information content (AvgIpc) is 2.67. The van der Waals surface area contributed by atoms with Gasteiger partial charge in [0.2, 0.25) is 5.43 Å². The van der Waals surface area contributed by atoms with Crippen LogP contribution in [0.5, 0.6) is 5.75 Å². The molecule has 1 aliphatic heterocycles. The first-order valence-electron chi connectivity index (χ1n) is 9.30. The summed E-state index contributed by atoms with van der Waals surface area (Å²) in [5, 5.41) is 3.51. The second kappa shape index (κ2) is 7.32. The maximum Gasteiger partial charge on any atom is 0.256 e. The molecule has 0 saturated heterocycles. The van der Waals surface area contributed by atoms with Gasteiger partial charge < -0.3 is 14.6 Å². The highest BCUT2D eigenvalue weighted by atomic mass is 35.5. The number of ether oxygens (including phenoxy) is 1. The van der Waals surface area contributed by atoms with E-state index in [1.165, 1.54) is 5.56 Å². The van der Waals surface area contributed by atoms with Crippen LogP contribution < -0.4 is 15.5 Å². The third-order valence-corrected chi connectivity index (χ3v) is 5.30. The summed E-state index contributed by atoms with van der Waals surface area (Å²) in [6.45, 7) is 4.98. The Morgan fingerprint density at radius 3 is 2.75 bits per heavy atom. The van der Waals surface area contributed by atoms with E-state index in [0.29, 0.717) is 41.2 Å². The van der Waals surface area contributed by atoms with Crippen LogP contribution in [0.15, 0.2) is 47.4 Å². The predicted octanol–water partition coefficient (Wildman–Crippen LogP) is 3.72. The van der Waals surface area contributed by atoms with Gasteiger partial charge in [0.15, 0.2) is 0 Å². The number of carbonyl (C=O) groups excluding carboxylic acids is 1. The number of hydrogen-bond donors (Lipinski definition) is 1. The topological polar surface area (TPSA) is 60.3 Å². The van der Waals surface area contributed by atoms with Crippen molar-refractivity contribution >= 4 is 28.4 Å². The first-order valence-corrected chi connectivity index (χ1v) is 9.68. The lowest BCUT2D eigenvalue weighted by atomic mass is 10.1. The molecule has 2 heterocycles. The van der Waals surface area contributed by atoms with Crippen molar-refractivity contribution in [3.05, 3.63) is 74.5 Å². The van der Waals surface area contributed by atoms with E-state index in [4.69, 9.17) is 16.3 Å². The van der Waals surface area contributed by atoms with Gasteiger partial charge in [-0.15, -0.1) is 0 Å². The SMILES string of the molecule is Cc1ccc(CCNC(=O)c2cn3c4c(ccc(Cl)c4c2=O)O[C@@H](C)C3)cc1. The molecule has 1 atom stereocenters. The molecule has 3 aromatic rings. The highest BCUT2D eigenvalue weighted by Crippen LogP contribution is 2.33. The summed E-state index contributed by atoms with van der Waals surface area (Å²) < 4.78 is 7.71. The lowest BCUT2D eigenvalue weighted by Crippen LogP contribution is -2.33. The van der Waals surface area contributed by atoms with Gasteiger partial charge in [-0.25, -0.2) is 0 Å². The predicted molar refractivity (Wildman–Crippen MR) is 111 cm³/mol. The zero-order chi connectivity index (χ0) is 19.8. The summed E-state index contributed by atoms with van der Waals surface area (Å²) in [5.41, 5.74) is 2.70. The molecular weight excluding hydrogens is 376 g/mol. The molecule has 0 saturated carbocycles. The Morgan fingerprint density at radius 2 is 2.00 bits per heavy atom. The number of aryl methyl sites for hydroxylation is 1. The molecule has 2 aromatic carbocycles. The van der Waals surface area contributed by atoms with E-state index in [1.807, 2.05) is 42.7 Å². The fourth-order valence-corrected chi connectivity index (χ4v) is 3.80. The molecule has 5 nitrogen and oxygen atoms in total. The molecule has 1 N–H and O–H groups in total. The van der Waals surface area contributed by atoms with Crippen LogP contribution >= 0.6 is 11.6 Å². The van der Waals surface area contributed by atoms with Crippen molar-refractivity contribution in [2.75, 3.05) is 6.54 Å². The summed E-state index contributed by atoms with van der Waals surface area (Å²) in [5.74, 6) is 0.227. The van der Waals surface area contributed by atoms with E-state index >= 15 is 0 Å². The zero-order valence-electron chi connectivity index (χ0n) is 15.8. The van der Waals surface area contributed by atoms with Gasteiger partial charge in [0.1, 0.15) is 17.4 Å². The number of rotatable bonds is 4. The Labute approximate surface area is 167 Å². The van der Waals surface area contributed by atoms with Crippen molar-refractivity contribution in [1.82, 2.24) is 9.88 Å². The molecule has 1 aliphatic rings. The van der Waals surface area contributed by atoms with Crippen LogP contribution in [0.25, 0.3) is 10.9 Å². The fourth-order valence-electron chi connectivity index (χ4n) is 3.56. The second-order valence-corrected chi connectivity index (χ2v) is 7.62. The Kier molecular flexibility index (Phi) is 4.85. The molecule has 28 heavy (non-hydrogen) atoms. The number of aromatic nitrogens is 1. The molecule has 4 rings (SSSR count). The summed E-state index contributed by atoms with van der Waals surface area (Å²) in [7, 11) is 0. The molecule has 0 aliphatic carbocycles. The number of nitrogens with zero attached hydrogens (tertiary/aromatic N) is 1. The molecule has 144 valence electrons. The minimum atomic E-state index is -0.386. The smallest absolute Gasteiger partial charge is 0.256 e. The summed E-state index contributed by atoms with van der Waals surface area (Å²) in [4.78, 5) is 25.7. The van der Waals surface area contributed by atoms with Crippen LogP contribution in [-0.2, 0) is 13.0 Å². The minimum absolute atomic E-state index is 0.0585. The van der Waals surface area contributed by atoms with E-state index in [1.54, 1.807) is 18.3 Å². The zero-order valence-corrected chi connectivity index (χ0v) is 16.5. The quantitative estimate of drug-likeness (QED) is 0.731. The number of benzene rings is 2. The van der Waals surface area contributed by atoms with E-state index < -0.39 is 0 Å². The molecule has 1 aromatic heterocycles. The largest absolute Gasteiger partial charge is 0.487 e. The van der Waals surface area contributed by atoms with E-state index in [9.17, 15) is 9.59 Å². The molecular formula is C22H21ClN2O3. The lowest BCUT2D eigenvalue weighted by Gasteiger charge is -2.26. The van der Waals surface area contributed by atoms with Gasteiger partial charge in [0, 0.05) is 12.7 Å². The van der Waals surface area contributed by atoms with Crippen LogP contribution in [0.2, 0.25) is 5.02 Å². The van der Waals surface area contributed by atoms with Gasteiger partial charge in [0.25, 0.3) is 5.91 Å². The van der Waals surface area contributed by atoms with Gasteiger partial charge in [-0.3, -0.25) is 9.59 Å². The second-order valence-electron chi connectivity index (χ2n) is 7.21. The third-order valence-electron chi connectivity index (χ3n) is 4.98. The molecule has 0 fully saturated rings. The molecule has 0 unspecified atom stereocenters. The van der Waals surface area contributed by atoms with Gasteiger partial charge in [-0.05, 0) is 38.0 Å². The van der Waals surface area contributed by atoms with Gasteiger partial charge in [-0.1, -0.05) is 41.4 Å². The Morgan fingerprint density at radius 1 is 1.25 bits per heavy atom. The van der Waals surface area contributed by atoms with Crippen molar-refractivity contribution in [3.8, 4) is 5.75 Å². The average molecular weight is 397 g/mol. The molecule has 1 amide bonds. The minimum Gasteiger partial charge on any atom is -0.487 e. The molecule has 6 heteroatoms. The Balaban J connectivity index is 1.62. The standard InChI is InChI=1S/C22H21ClN2O3/c1-13-3-5-15(6-4-13)9-10-24-22(27)16-12-25-11-14(2)28-18-8-7-17(23)19(20(18)25)21(16)26/h3-8,12,14H,9-11H2,1-2H3,(H,24,27)/t14-/m0/s1. The highest BCUT2D eigenvalue weighted by molar-refractivity contribution is 6.35. The van der Waals surface area contributed by atoms with Crippen molar-refractivity contribution in [2.45, 2.75) is 32.9 Å². The van der Waals surface area contributed by atoms with Crippen LogP contribution in [0.1, 0.15) is 28.4 Å². The van der Waals surface area contributed by atoms with Gasteiger partial charge >= 0.3 is 0 Å². The molecule has 0 radical (unpaired) electrons. The van der Waals surface area contributed by atoms with Crippen LogP contribution in [-0.4, -0.2) is 23.1 Å². The maximum absolute atomic E-state index is 13.0. The molecule has 0 spiro atoms. The van der Waals surface area contributed by atoms with Crippen LogP contribution in [0, 0.1) is 6.92 Å². The number of hydrogen-bond acceptors (Lipinski definition) is 3. The number of amides is 1. The molecule has 0 bridgehead atoms. The Bertz CT molecular complexity index is 1120. The highest BCUT2D eigenvalue weighted by Gasteiger charge is 2.24. The summed E-state index contributed by atoms with van der Waals surface area (Å²) in [6, 6.07) is 11.6. The van der Waals surface area contributed by atoms with E-state index in [0.717, 1.165) is 5.56 Å². The van der Waals surface area contributed by atoms with Crippen LogP contribution in [0.4, 0.5) is 0 Å². The van der Waals surface area contributed by atoms with E-state index in [2.05, 4.69) is 5.32 Å². The van der Waals surface area contributed by atoms with E-state index in [-0.39, 0.29) is 23.0 Å². The summed E-state index contributed by atoms with van der Waals surface area (Å²) >= 11 is 6.30. The first kappa shape index (κ1) is 18.6. The van der Waals surface area contributed by atoms with Crippen molar-refractivity contribution in [2.24, 2.45) is 0 Å². The van der Waals surface area contributed by atoms with Crippen molar-refractivity contribution in [3.63, 3.8) is 0 Å². The monoisotopic (exact) mass is 396 g/mol. The van der Waals surface area contributed by atoms with Gasteiger partial charge in [0.05, 0.1) is 22.5 Å². The van der Waals surface area contributed by atoms with Gasteiger partial charge in [-0.2, -0.15) is 0 Å². The summed E-state index contributed by atoms with van der Waals surface area (Å²) in [6.07, 6.45) is 2.26. The number of pyridine rings is 1. The number of nitrogens with one attached hydrogen (secondary N) is 1. The third kappa shape index (κ3) is 3.38.